The van der Waals surface area contributed by atoms with Gasteiger partial charge in [0.05, 0.1) is 0 Å². The average Bonchev–Trinajstić information content (AvgIpc) is 2.48. The van der Waals surface area contributed by atoms with Crippen molar-refractivity contribution in [3.05, 3.63) is 42.5 Å². The van der Waals surface area contributed by atoms with Crippen LogP contribution in [0.1, 0.15) is 19.8 Å². The third-order valence-corrected chi connectivity index (χ3v) is 4.27. The first-order chi connectivity index (χ1) is 9.83. The molecule has 0 aliphatic carbocycles. The number of nitrogens with one attached hydrogen (secondary N) is 1. The van der Waals surface area contributed by atoms with Gasteiger partial charge in [-0.1, -0.05) is 43.3 Å². The van der Waals surface area contributed by atoms with Crippen molar-refractivity contribution in [2.24, 2.45) is 5.92 Å². The lowest BCUT2D eigenvalue weighted by Gasteiger charge is -2.30. The molecule has 1 atom stereocenters. The highest BCUT2D eigenvalue weighted by molar-refractivity contribution is 5.93. The molecule has 0 saturated carbocycles. The van der Waals surface area contributed by atoms with Crippen LogP contribution >= 0.6 is 0 Å². The molecule has 0 aromatic heterocycles. The second kappa shape index (κ2) is 6.27. The summed E-state index contributed by atoms with van der Waals surface area (Å²) in [6.07, 6.45) is 2.75. The van der Waals surface area contributed by atoms with E-state index >= 15 is 0 Å². The topological polar surface area (TPSA) is 15.3 Å². The summed E-state index contributed by atoms with van der Waals surface area (Å²) in [5.41, 5.74) is 1.26. The van der Waals surface area contributed by atoms with Crippen LogP contribution in [0.2, 0.25) is 0 Å². The van der Waals surface area contributed by atoms with Crippen LogP contribution in [0, 0.1) is 5.92 Å². The molecule has 1 saturated heterocycles. The van der Waals surface area contributed by atoms with Crippen molar-refractivity contribution in [2.45, 2.75) is 19.8 Å². The molecule has 0 spiro atoms. The lowest BCUT2D eigenvalue weighted by atomic mass is 10.0. The predicted octanol–water partition coefficient (Wildman–Crippen LogP) is 3.98. The average molecular weight is 268 g/mol. The Bertz CT molecular complexity index is 559. The molecule has 2 heteroatoms. The summed E-state index contributed by atoms with van der Waals surface area (Å²) < 4.78 is 0. The summed E-state index contributed by atoms with van der Waals surface area (Å²) in [5.74, 6) is 0.862. The van der Waals surface area contributed by atoms with E-state index in [-0.39, 0.29) is 0 Å². The van der Waals surface area contributed by atoms with Gasteiger partial charge in [0.2, 0.25) is 0 Å². The minimum absolute atomic E-state index is 0.862. The monoisotopic (exact) mass is 268 g/mol. The molecular formula is C18H24N2. The van der Waals surface area contributed by atoms with E-state index in [9.17, 15) is 0 Å². The summed E-state index contributed by atoms with van der Waals surface area (Å²) >= 11 is 0. The minimum atomic E-state index is 0.862. The summed E-state index contributed by atoms with van der Waals surface area (Å²) in [5, 5.41) is 6.24. The van der Waals surface area contributed by atoms with E-state index in [1.807, 2.05) is 0 Å². The Kier molecular flexibility index (Phi) is 4.22. The van der Waals surface area contributed by atoms with Gasteiger partial charge in [-0.15, -0.1) is 0 Å². The number of piperidine rings is 1. The van der Waals surface area contributed by atoms with Crippen LogP contribution in [-0.2, 0) is 0 Å². The van der Waals surface area contributed by atoms with Crippen molar-refractivity contribution in [1.82, 2.24) is 4.90 Å². The fraction of sp³-hybridized carbons (Fsp3) is 0.444. The molecule has 2 nitrogen and oxygen atoms in total. The minimum Gasteiger partial charge on any atom is -0.383 e. The molecule has 0 bridgehead atoms. The van der Waals surface area contributed by atoms with Crippen molar-refractivity contribution >= 4 is 16.5 Å². The van der Waals surface area contributed by atoms with E-state index in [2.05, 4.69) is 59.6 Å². The third kappa shape index (κ3) is 3.13. The second-order valence-electron chi connectivity index (χ2n) is 6.00. The Labute approximate surface area is 121 Å². The van der Waals surface area contributed by atoms with E-state index in [4.69, 9.17) is 0 Å². The number of anilines is 1. The molecule has 3 rings (SSSR count). The Morgan fingerprint density at radius 3 is 2.90 bits per heavy atom. The van der Waals surface area contributed by atoms with Crippen molar-refractivity contribution in [1.29, 1.82) is 0 Å². The second-order valence-corrected chi connectivity index (χ2v) is 6.00. The Morgan fingerprint density at radius 2 is 2.00 bits per heavy atom. The van der Waals surface area contributed by atoms with Crippen LogP contribution in [0.25, 0.3) is 10.8 Å². The van der Waals surface area contributed by atoms with Crippen molar-refractivity contribution in [2.75, 3.05) is 31.5 Å². The number of fused-ring (bicyclic) bond motifs is 1. The van der Waals surface area contributed by atoms with Gasteiger partial charge < -0.3 is 10.2 Å². The molecule has 1 N–H and O–H groups in total. The molecule has 106 valence electrons. The zero-order chi connectivity index (χ0) is 13.8. The number of rotatable bonds is 4. The molecule has 1 unspecified atom stereocenters. The number of benzene rings is 2. The normalized spacial score (nSPS) is 20.1. The Hall–Kier alpha value is -1.54. The van der Waals surface area contributed by atoms with Gasteiger partial charge in [0.25, 0.3) is 0 Å². The van der Waals surface area contributed by atoms with Gasteiger partial charge in [0, 0.05) is 30.7 Å². The first kappa shape index (κ1) is 13.4. The molecular weight excluding hydrogens is 244 g/mol. The Balaban J connectivity index is 1.60. The van der Waals surface area contributed by atoms with E-state index in [1.54, 1.807) is 0 Å². The van der Waals surface area contributed by atoms with E-state index in [0.29, 0.717) is 0 Å². The maximum atomic E-state index is 3.61. The molecule has 0 amide bonds. The quantitative estimate of drug-likeness (QED) is 0.902. The molecule has 0 radical (unpaired) electrons. The van der Waals surface area contributed by atoms with Crippen molar-refractivity contribution < 1.29 is 0 Å². The van der Waals surface area contributed by atoms with Crippen LogP contribution < -0.4 is 5.32 Å². The van der Waals surface area contributed by atoms with Crippen LogP contribution in [0.5, 0.6) is 0 Å². The number of likely N-dealkylation sites (tertiary alicyclic amines) is 1. The zero-order valence-electron chi connectivity index (χ0n) is 12.3. The standard InChI is InChI=1S/C18H24N2/c1-15-6-5-12-20(14-15)13-11-19-18-10-4-8-16-7-2-3-9-17(16)18/h2-4,7-10,15,19H,5-6,11-14H2,1H3. The molecule has 20 heavy (non-hydrogen) atoms. The van der Waals surface area contributed by atoms with Crippen LogP contribution in [-0.4, -0.2) is 31.1 Å². The van der Waals surface area contributed by atoms with Gasteiger partial charge in [0.15, 0.2) is 0 Å². The van der Waals surface area contributed by atoms with Crippen LogP contribution in [0.15, 0.2) is 42.5 Å². The highest BCUT2D eigenvalue weighted by Crippen LogP contribution is 2.22. The van der Waals surface area contributed by atoms with Crippen molar-refractivity contribution in [3.63, 3.8) is 0 Å². The van der Waals surface area contributed by atoms with Crippen LogP contribution in [0.3, 0.4) is 0 Å². The van der Waals surface area contributed by atoms with E-state index in [0.717, 1.165) is 19.0 Å². The van der Waals surface area contributed by atoms with Gasteiger partial charge >= 0.3 is 0 Å². The lowest BCUT2D eigenvalue weighted by molar-refractivity contribution is 0.190. The summed E-state index contributed by atoms with van der Waals surface area (Å²) in [6.45, 7) is 7.07. The number of hydrogen-bond acceptors (Lipinski definition) is 2. The maximum Gasteiger partial charge on any atom is 0.0420 e. The van der Waals surface area contributed by atoms with Gasteiger partial charge in [0.1, 0.15) is 0 Å². The van der Waals surface area contributed by atoms with Gasteiger partial charge in [-0.2, -0.15) is 0 Å². The number of nitrogens with zero attached hydrogens (tertiary/aromatic N) is 1. The summed E-state index contributed by atoms with van der Waals surface area (Å²) in [7, 11) is 0. The number of hydrogen-bond donors (Lipinski definition) is 1. The fourth-order valence-electron chi connectivity index (χ4n) is 3.22. The SMILES string of the molecule is CC1CCCN(CCNc2cccc3ccccc23)C1. The molecule has 1 heterocycles. The summed E-state index contributed by atoms with van der Waals surface area (Å²) in [6, 6.07) is 15.1. The van der Waals surface area contributed by atoms with Crippen LogP contribution in [0.4, 0.5) is 5.69 Å². The molecule has 2 aromatic carbocycles. The largest absolute Gasteiger partial charge is 0.383 e. The van der Waals surface area contributed by atoms with Gasteiger partial charge in [-0.3, -0.25) is 0 Å². The molecule has 1 fully saturated rings. The third-order valence-electron chi connectivity index (χ3n) is 4.27. The molecule has 2 aromatic rings. The van der Waals surface area contributed by atoms with Gasteiger partial charge in [-0.25, -0.2) is 0 Å². The molecule has 1 aliphatic heterocycles. The first-order valence-electron chi connectivity index (χ1n) is 7.77. The predicted molar refractivity (Wildman–Crippen MR) is 87.3 cm³/mol. The summed E-state index contributed by atoms with van der Waals surface area (Å²) in [4.78, 5) is 2.59. The lowest BCUT2D eigenvalue weighted by Crippen LogP contribution is -2.37. The van der Waals surface area contributed by atoms with E-state index < -0.39 is 0 Å². The highest BCUT2D eigenvalue weighted by Gasteiger charge is 2.15. The molecule has 1 aliphatic rings. The van der Waals surface area contributed by atoms with E-state index in [1.165, 1.54) is 42.4 Å². The first-order valence-corrected chi connectivity index (χ1v) is 7.77. The smallest absolute Gasteiger partial charge is 0.0420 e. The van der Waals surface area contributed by atoms with Gasteiger partial charge in [-0.05, 0) is 36.8 Å². The van der Waals surface area contributed by atoms with Crippen molar-refractivity contribution in [3.8, 4) is 0 Å². The fourth-order valence-corrected chi connectivity index (χ4v) is 3.22. The Morgan fingerprint density at radius 1 is 1.15 bits per heavy atom. The zero-order valence-corrected chi connectivity index (χ0v) is 12.3. The highest BCUT2D eigenvalue weighted by atomic mass is 15.1. The maximum absolute atomic E-state index is 3.61.